The van der Waals surface area contributed by atoms with Crippen LogP contribution in [0, 0.1) is 6.57 Å². The van der Waals surface area contributed by atoms with E-state index in [-0.39, 0.29) is 0 Å². The number of hydrogen-bond acceptors (Lipinski definition) is 3. The lowest BCUT2D eigenvalue weighted by Gasteiger charge is -2.39. The Hall–Kier alpha value is -8.27. The van der Waals surface area contributed by atoms with Crippen LogP contribution < -0.4 is 4.74 Å². The molecule has 5 heterocycles. The minimum absolute atomic E-state index is 0.616. The summed E-state index contributed by atoms with van der Waals surface area (Å²) in [6, 6.07) is 62.0. The predicted molar refractivity (Wildman–Crippen MR) is 240 cm³/mol. The van der Waals surface area contributed by atoms with E-state index in [0.29, 0.717) is 5.69 Å². The molecule has 0 radical (unpaired) electrons. The fraction of sp³-hybridized carbons (Fsp3) is 0.0185. The summed E-state index contributed by atoms with van der Waals surface area (Å²) < 4.78 is 11.5. The number of rotatable bonds is 3. The molecule has 7 aromatic carbocycles. The maximum Gasteiger partial charge on any atom is 0.188 e. The van der Waals surface area contributed by atoms with Gasteiger partial charge in [-0.2, -0.15) is 0 Å². The summed E-state index contributed by atoms with van der Waals surface area (Å²) in [6.45, 7) is 7.74. The second-order valence-electron chi connectivity index (χ2n) is 15.6. The first-order chi connectivity index (χ1) is 29.7. The van der Waals surface area contributed by atoms with Crippen LogP contribution in [0.1, 0.15) is 22.3 Å². The Labute approximate surface area is 344 Å². The second kappa shape index (κ2) is 12.1. The molecule has 6 nitrogen and oxygen atoms in total. The molecular weight excluding hydrogens is 735 g/mol. The number of fused-ring (bicyclic) bond motifs is 15. The first-order valence-corrected chi connectivity index (χ1v) is 20.1. The summed E-state index contributed by atoms with van der Waals surface area (Å²) in [5.74, 6) is 1.61. The van der Waals surface area contributed by atoms with Crippen LogP contribution in [0.3, 0.4) is 0 Å². The average Bonchev–Trinajstić information content (AvgIpc) is 3.93. The van der Waals surface area contributed by atoms with Crippen molar-refractivity contribution in [3.63, 3.8) is 0 Å². The van der Waals surface area contributed by atoms with Crippen LogP contribution in [-0.2, 0) is 5.41 Å². The van der Waals surface area contributed by atoms with Gasteiger partial charge in [-0.3, -0.25) is 9.97 Å². The summed E-state index contributed by atoms with van der Waals surface area (Å²) in [5, 5.41) is 4.54. The van der Waals surface area contributed by atoms with Gasteiger partial charge in [-0.25, -0.2) is 4.85 Å². The lowest BCUT2D eigenvalue weighted by Crippen LogP contribution is -2.32. The van der Waals surface area contributed by atoms with E-state index in [1.54, 1.807) is 0 Å². The van der Waals surface area contributed by atoms with Crippen molar-refractivity contribution in [2.75, 3.05) is 0 Å². The van der Waals surface area contributed by atoms with Crippen molar-refractivity contribution in [1.29, 1.82) is 0 Å². The minimum atomic E-state index is -0.786. The van der Waals surface area contributed by atoms with Crippen molar-refractivity contribution >= 4 is 49.3 Å². The molecule has 0 saturated carbocycles. The molecule has 1 atom stereocenters. The Bertz CT molecular complexity index is 3670. The van der Waals surface area contributed by atoms with Crippen LogP contribution >= 0.6 is 0 Å². The Morgan fingerprint density at radius 2 is 1.07 bits per heavy atom. The molecule has 278 valence electrons. The normalized spacial score (nSPS) is 14.8. The summed E-state index contributed by atoms with van der Waals surface area (Å²) in [6.07, 6.45) is 3.83. The Balaban J connectivity index is 1.07. The molecule has 0 N–H and O–H groups in total. The summed E-state index contributed by atoms with van der Waals surface area (Å²) in [4.78, 5) is 14.1. The van der Waals surface area contributed by atoms with Gasteiger partial charge in [-0.05, 0) is 101 Å². The van der Waals surface area contributed by atoms with E-state index in [1.807, 2.05) is 36.7 Å². The van der Waals surface area contributed by atoms with Crippen molar-refractivity contribution in [3.05, 3.63) is 222 Å². The second-order valence-corrected chi connectivity index (χ2v) is 15.6. The highest BCUT2D eigenvalue weighted by Gasteiger charge is 2.52. The van der Waals surface area contributed by atoms with Crippen molar-refractivity contribution in [3.8, 4) is 45.4 Å². The lowest BCUT2D eigenvalue weighted by molar-refractivity contribution is 0.436. The minimum Gasteiger partial charge on any atom is -0.457 e. The average molecular weight is 766 g/mol. The van der Waals surface area contributed by atoms with Crippen molar-refractivity contribution in [2.45, 2.75) is 5.41 Å². The number of nitrogens with zero attached hydrogens (tertiary/aromatic N) is 5. The Morgan fingerprint density at radius 1 is 0.450 bits per heavy atom. The molecule has 1 aliphatic heterocycles. The predicted octanol–water partition coefficient (Wildman–Crippen LogP) is 13.4. The molecule has 0 saturated heterocycles. The van der Waals surface area contributed by atoms with E-state index >= 15 is 0 Å². The summed E-state index contributed by atoms with van der Waals surface area (Å²) in [7, 11) is 0. The van der Waals surface area contributed by atoms with Crippen molar-refractivity contribution < 1.29 is 4.74 Å². The van der Waals surface area contributed by atoms with Gasteiger partial charge in [0.2, 0.25) is 0 Å². The molecule has 60 heavy (non-hydrogen) atoms. The van der Waals surface area contributed by atoms with Crippen LogP contribution in [0.2, 0.25) is 0 Å². The molecule has 0 bridgehead atoms. The van der Waals surface area contributed by atoms with Gasteiger partial charge in [0, 0.05) is 44.7 Å². The molecule has 1 aliphatic carbocycles. The highest BCUT2D eigenvalue weighted by atomic mass is 16.5. The summed E-state index contributed by atoms with van der Waals surface area (Å²) >= 11 is 0. The van der Waals surface area contributed by atoms with Gasteiger partial charge in [-0.1, -0.05) is 97.1 Å². The maximum atomic E-state index is 7.74. The zero-order valence-corrected chi connectivity index (χ0v) is 32.0. The molecule has 1 spiro atoms. The van der Waals surface area contributed by atoms with E-state index in [2.05, 4.69) is 166 Å². The number of hydrogen-bond donors (Lipinski definition) is 0. The van der Waals surface area contributed by atoms with Gasteiger partial charge in [0.1, 0.15) is 11.5 Å². The smallest absolute Gasteiger partial charge is 0.188 e. The molecule has 1 unspecified atom stereocenters. The first-order valence-electron chi connectivity index (χ1n) is 20.1. The van der Waals surface area contributed by atoms with Crippen LogP contribution in [-0.4, -0.2) is 19.1 Å². The molecule has 11 aromatic rings. The number of aromatic nitrogens is 4. The highest BCUT2D eigenvalue weighted by molar-refractivity contribution is 6.11. The maximum absolute atomic E-state index is 7.74. The van der Waals surface area contributed by atoms with Gasteiger partial charge in [0.25, 0.3) is 0 Å². The Morgan fingerprint density at radius 3 is 1.88 bits per heavy atom. The zero-order valence-electron chi connectivity index (χ0n) is 32.0. The largest absolute Gasteiger partial charge is 0.457 e. The van der Waals surface area contributed by atoms with Crippen LogP contribution in [0.5, 0.6) is 11.5 Å². The fourth-order valence-corrected chi connectivity index (χ4v) is 10.2. The zero-order chi connectivity index (χ0) is 39.5. The van der Waals surface area contributed by atoms with Crippen LogP contribution in [0.15, 0.2) is 188 Å². The SMILES string of the molecule is [C-]#[N+]c1ccc2c(c1)c1ccccc1n2-c1cnc2c(c1)C1(c3ccccc3Oc3ccc(-c4ccc5c(c4)c4ccccc4n5-c4ccccc4)cc31)c1cccnc1-2. The van der Waals surface area contributed by atoms with E-state index < -0.39 is 5.41 Å². The van der Waals surface area contributed by atoms with Gasteiger partial charge < -0.3 is 13.9 Å². The third kappa shape index (κ3) is 4.30. The van der Waals surface area contributed by atoms with E-state index in [1.165, 1.54) is 16.3 Å². The first kappa shape index (κ1) is 32.8. The quantitative estimate of drug-likeness (QED) is 0.168. The lowest BCUT2D eigenvalue weighted by atomic mass is 9.66. The highest BCUT2D eigenvalue weighted by Crippen LogP contribution is 2.62. The third-order valence-electron chi connectivity index (χ3n) is 12.7. The van der Waals surface area contributed by atoms with E-state index in [4.69, 9.17) is 21.3 Å². The van der Waals surface area contributed by atoms with Crippen LogP contribution in [0.4, 0.5) is 5.69 Å². The van der Waals surface area contributed by atoms with Crippen LogP contribution in [0.25, 0.3) is 82.3 Å². The standard InChI is InChI=1S/C54H31N5O/c1-55-35-23-25-49-41(30-35)39-15-6-9-19-47(39)59(49)37-31-45-53(57-32-37)52-43(17-11-27-56-52)54(45)42-16-7-10-20-50(42)60-51-26-22-34(29-44(51)54)33-21-24-48-40(28-33)38-14-5-8-18-46(38)58(48)36-12-3-2-4-13-36/h2-32H. The molecule has 4 aromatic heterocycles. The topological polar surface area (TPSA) is 49.2 Å². The molecule has 6 heteroatoms. The van der Waals surface area contributed by atoms with E-state index in [0.717, 1.165) is 95.0 Å². The number of ether oxygens (including phenoxy) is 1. The van der Waals surface area contributed by atoms with Gasteiger partial charge >= 0.3 is 0 Å². The molecular formula is C54H31N5O. The third-order valence-corrected chi connectivity index (χ3v) is 12.7. The van der Waals surface area contributed by atoms with Gasteiger partial charge in [0.05, 0.1) is 57.3 Å². The summed E-state index contributed by atoms with van der Waals surface area (Å²) in [5.41, 5.74) is 14.5. The monoisotopic (exact) mass is 765 g/mol. The fourth-order valence-electron chi connectivity index (χ4n) is 10.2. The molecule has 2 aliphatic rings. The molecule has 13 rings (SSSR count). The van der Waals surface area contributed by atoms with E-state index in [9.17, 15) is 0 Å². The van der Waals surface area contributed by atoms with Gasteiger partial charge in [-0.15, -0.1) is 0 Å². The molecule has 0 amide bonds. The number of pyridine rings is 2. The van der Waals surface area contributed by atoms with Gasteiger partial charge in [0.15, 0.2) is 5.69 Å². The number of benzene rings is 7. The Kier molecular flexibility index (Phi) is 6.62. The molecule has 0 fully saturated rings. The van der Waals surface area contributed by atoms with Crippen molar-refractivity contribution in [1.82, 2.24) is 19.1 Å². The van der Waals surface area contributed by atoms with Crippen molar-refractivity contribution in [2.24, 2.45) is 0 Å². The number of para-hydroxylation sites is 4.